The molecule has 3 heteroatoms. The van der Waals surface area contributed by atoms with E-state index in [9.17, 15) is 4.79 Å². The fourth-order valence-electron chi connectivity index (χ4n) is 2.07. The molecule has 0 unspecified atom stereocenters. The molecule has 16 heavy (non-hydrogen) atoms. The average Bonchev–Trinajstić information content (AvgIpc) is 2.66. The van der Waals surface area contributed by atoms with Gasteiger partial charge in [-0.15, -0.1) is 0 Å². The standard InChI is InChI=1S/C13H10N2O/c14-13(16)8-5-6-12-10(7-8)9-3-1-2-4-11(9)15-12/h1-5,7H,6H2,(H2,14,16). The summed E-state index contributed by atoms with van der Waals surface area (Å²) in [6.45, 7) is 0. The number of hydrogen-bond donors (Lipinski definition) is 1. The van der Waals surface area contributed by atoms with Crippen LogP contribution < -0.4 is 5.73 Å². The summed E-state index contributed by atoms with van der Waals surface area (Å²) in [4.78, 5) is 15.6. The van der Waals surface area contributed by atoms with Crippen molar-refractivity contribution in [3.05, 3.63) is 47.6 Å². The number of para-hydroxylation sites is 1. The number of fused-ring (bicyclic) bond motifs is 3. The van der Waals surface area contributed by atoms with Crippen LogP contribution in [0.1, 0.15) is 12.0 Å². The fourth-order valence-corrected chi connectivity index (χ4v) is 2.07. The SMILES string of the molecule is NC(=O)C1=CCC2=Nc3ccccc3C2=C1. The Morgan fingerprint density at radius 3 is 2.94 bits per heavy atom. The summed E-state index contributed by atoms with van der Waals surface area (Å²) in [6, 6.07) is 7.93. The van der Waals surface area contributed by atoms with Crippen LogP contribution >= 0.6 is 0 Å². The summed E-state index contributed by atoms with van der Waals surface area (Å²) < 4.78 is 0. The Morgan fingerprint density at radius 2 is 2.12 bits per heavy atom. The van der Waals surface area contributed by atoms with Gasteiger partial charge in [0.2, 0.25) is 5.91 Å². The van der Waals surface area contributed by atoms with E-state index >= 15 is 0 Å². The van der Waals surface area contributed by atoms with Gasteiger partial charge in [0.1, 0.15) is 0 Å². The zero-order valence-electron chi connectivity index (χ0n) is 8.60. The van der Waals surface area contributed by atoms with Gasteiger partial charge in [0.25, 0.3) is 0 Å². The third kappa shape index (κ3) is 1.21. The lowest BCUT2D eigenvalue weighted by molar-refractivity contribution is -0.114. The van der Waals surface area contributed by atoms with E-state index in [1.54, 1.807) is 0 Å². The number of allylic oxidation sites excluding steroid dienone is 2. The third-order valence-electron chi connectivity index (χ3n) is 2.86. The van der Waals surface area contributed by atoms with Gasteiger partial charge in [-0.25, -0.2) is 0 Å². The zero-order valence-corrected chi connectivity index (χ0v) is 8.60. The zero-order chi connectivity index (χ0) is 11.1. The fraction of sp³-hybridized carbons (Fsp3) is 0.0769. The number of amides is 1. The van der Waals surface area contributed by atoms with Crippen LogP contribution in [0, 0.1) is 0 Å². The highest BCUT2D eigenvalue weighted by molar-refractivity contribution is 6.31. The molecule has 0 saturated heterocycles. The molecule has 0 radical (unpaired) electrons. The summed E-state index contributed by atoms with van der Waals surface area (Å²) in [7, 11) is 0. The van der Waals surface area contributed by atoms with Gasteiger partial charge < -0.3 is 5.73 Å². The molecule has 0 atom stereocenters. The number of rotatable bonds is 1. The number of carbonyl (C=O) groups excluding carboxylic acids is 1. The molecule has 1 aromatic rings. The second-order valence-electron chi connectivity index (χ2n) is 3.86. The quantitative estimate of drug-likeness (QED) is 0.757. The summed E-state index contributed by atoms with van der Waals surface area (Å²) >= 11 is 0. The Kier molecular flexibility index (Phi) is 1.80. The summed E-state index contributed by atoms with van der Waals surface area (Å²) in [5.41, 5.74) is 9.97. The second-order valence-corrected chi connectivity index (χ2v) is 3.86. The Morgan fingerprint density at radius 1 is 1.31 bits per heavy atom. The van der Waals surface area contributed by atoms with E-state index in [2.05, 4.69) is 4.99 Å². The number of primary amides is 1. The summed E-state index contributed by atoms with van der Waals surface area (Å²) in [5, 5.41) is 0. The van der Waals surface area contributed by atoms with Crippen LogP contribution in [-0.2, 0) is 4.79 Å². The van der Waals surface area contributed by atoms with Crippen LogP contribution in [0.15, 0.2) is 47.0 Å². The van der Waals surface area contributed by atoms with Crippen molar-refractivity contribution in [3.63, 3.8) is 0 Å². The molecule has 1 heterocycles. The number of carbonyl (C=O) groups is 1. The van der Waals surface area contributed by atoms with Crippen LogP contribution in [0.2, 0.25) is 0 Å². The van der Waals surface area contributed by atoms with E-state index in [1.807, 2.05) is 36.4 Å². The highest BCUT2D eigenvalue weighted by Gasteiger charge is 2.23. The molecule has 78 valence electrons. The van der Waals surface area contributed by atoms with Gasteiger partial charge in [-0.1, -0.05) is 24.3 Å². The van der Waals surface area contributed by atoms with E-state index in [0.29, 0.717) is 12.0 Å². The van der Waals surface area contributed by atoms with E-state index in [4.69, 9.17) is 5.73 Å². The molecule has 3 rings (SSSR count). The Labute approximate surface area is 93.0 Å². The maximum absolute atomic E-state index is 11.1. The number of benzene rings is 1. The van der Waals surface area contributed by atoms with Crippen molar-refractivity contribution >= 4 is 22.9 Å². The molecule has 0 spiro atoms. The van der Waals surface area contributed by atoms with E-state index < -0.39 is 0 Å². The Bertz CT molecular complexity index is 579. The minimum atomic E-state index is -0.379. The minimum Gasteiger partial charge on any atom is -0.366 e. The van der Waals surface area contributed by atoms with Gasteiger partial charge in [0.05, 0.1) is 11.4 Å². The van der Waals surface area contributed by atoms with E-state index in [-0.39, 0.29) is 5.91 Å². The Hall–Kier alpha value is -2.16. The van der Waals surface area contributed by atoms with Crippen molar-refractivity contribution in [1.82, 2.24) is 0 Å². The Balaban J connectivity index is 2.14. The molecule has 1 amide bonds. The summed E-state index contributed by atoms with van der Waals surface area (Å²) in [5.74, 6) is -0.379. The van der Waals surface area contributed by atoms with Crippen molar-refractivity contribution in [1.29, 1.82) is 0 Å². The predicted octanol–water partition coefficient (Wildman–Crippen LogP) is 1.97. The second kappa shape index (κ2) is 3.17. The first kappa shape index (κ1) is 9.09. The monoisotopic (exact) mass is 210 g/mol. The van der Waals surface area contributed by atoms with Gasteiger partial charge >= 0.3 is 0 Å². The predicted molar refractivity (Wildman–Crippen MR) is 63.4 cm³/mol. The number of aliphatic imine (C=N–C) groups is 1. The van der Waals surface area contributed by atoms with Gasteiger partial charge in [0, 0.05) is 23.1 Å². The van der Waals surface area contributed by atoms with E-state index in [0.717, 1.165) is 22.5 Å². The number of hydrogen-bond acceptors (Lipinski definition) is 2. The minimum absolute atomic E-state index is 0.379. The van der Waals surface area contributed by atoms with Crippen LogP contribution in [0.3, 0.4) is 0 Å². The van der Waals surface area contributed by atoms with E-state index in [1.165, 1.54) is 0 Å². The van der Waals surface area contributed by atoms with Crippen LogP contribution in [0.25, 0.3) is 5.57 Å². The molecule has 2 aliphatic rings. The molecule has 0 fully saturated rings. The highest BCUT2D eigenvalue weighted by atomic mass is 16.1. The molecule has 1 aromatic carbocycles. The molecule has 3 nitrogen and oxygen atoms in total. The number of nitrogens with two attached hydrogens (primary N) is 1. The van der Waals surface area contributed by atoms with Crippen LogP contribution in [0.5, 0.6) is 0 Å². The first-order chi connectivity index (χ1) is 7.75. The summed E-state index contributed by atoms with van der Waals surface area (Å²) in [6.07, 6.45) is 4.34. The first-order valence-electron chi connectivity index (χ1n) is 5.15. The lowest BCUT2D eigenvalue weighted by Gasteiger charge is -2.09. The topological polar surface area (TPSA) is 55.5 Å². The molecular weight excluding hydrogens is 200 g/mol. The van der Waals surface area contributed by atoms with Gasteiger partial charge in [0.15, 0.2) is 0 Å². The molecular formula is C13H10N2O. The van der Waals surface area contributed by atoms with Gasteiger partial charge in [-0.05, 0) is 12.1 Å². The maximum atomic E-state index is 11.1. The highest BCUT2D eigenvalue weighted by Crippen LogP contribution is 2.38. The van der Waals surface area contributed by atoms with Crippen molar-refractivity contribution in [2.24, 2.45) is 10.7 Å². The van der Waals surface area contributed by atoms with Crippen molar-refractivity contribution in [2.75, 3.05) is 0 Å². The molecule has 0 saturated carbocycles. The molecule has 0 bridgehead atoms. The number of nitrogens with zero attached hydrogens (tertiary/aromatic N) is 1. The molecule has 1 aliphatic heterocycles. The first-order valence-corrected chi connectivity index (χ1v) is 5.15. The van der Waals surface area contributed by atoms with Gasteiger partial charge in [-0.3, -0.25) is 9.79 Å². The average molecular weight is 210 g/mol. The van der Waals surface area contributed by atoms with Crippen LogP contribution in [0.4, 0.5) is 5.69 Å². The normalized spacial score (nSPS) is 16.9. The van der Waals surface area contributed by atoms with Gasteiger partial charge in [-0.2, -0.15) is 0 Å². The maximum Gasteiger partial charge on any atom is 0.248 e. The lowest BCUT2D eigenvalue weighted by Crippen LogP contribution is -2.16. The van der Waals surface area contributed by atoms with Crippen LogP contribution in [-0.4, -0.2) is 11.6 Å². The lowest BCUT2D eigenvalue weighted by atomic mass is 9.93. The third-order valence-corrected chi connectivity index (χ3v) is 2.86. The molecule has 0 aromatic heterocycles. The molecule has 2 N–H and O–H groups in total. The molecule has 1 aliphatic carbocycles. The van der Waals surface area contributed by atoms with Crippen molar-refractivity contribution in [2.45, 2.75) is 6.42 Å². The van der Waals surface area contributed by atoms with Crippen molar-refractivity contribution < 1.29 is 4.79 Å². The smallest absolute Gasteiger partial charge is 0.248 e. The largest absolute Gasteiger partial charge is 0.366 e. The van der Waals surface area contributed by atoms with Crippen molar-refractivity contribution in [3.8, 4) is 0 Å².